The quantitative estimate of drug-likeness (QED) is 0.686. The Balaban J connectivity index is 1.98. The lowest BCUT2D eigenvalue weighted by Gasteiger charge is -2.12. The first kappa shape index (κ1) is 20.5. The summed E-state index contributed by atoms with van der Waals surface area (Å²) in [6.45, 7) is 0. The zero-order chi connectivity index (χ0) is 20.2. The van der Waals surface area contributed by atoms with Crippen molar-refractivity contribution in [3.8, 4) is 0 Å². The van der Waals surface area contributed by atoms with E-state index in [2.05, 4.69) is 0 Å². The van der Waals surface area contributed by atoms with Crippen LogP contribution < -0.4 is 0 Å². The van der Waals surface area contributed by atoms with Gasteiger partial charge < -0.3 is 0 Å². The van der Waals surface area contributed by atoms with Gasteiger partial charge in [-0.1, -0.05) is 42.5 Å². The molecule has 0 bridgehead atoms. The van der Waals surface area contributed by atoms with Crippen LogP contribution in [0.5, 0.6) is 0 Å². The minimum atomic E-state index is -3.98. The summed E-state index contributed by atoms with van der Waals surface area (Å²) in [4.78, 5) is 11.9. The average molecular weight is 419 g/mol. The lowest BCUT2D eigenvalue weighted by atomic mass is 10.0. The first-order chi connectivity index (χ1) is 13.3. The smallest absolute Gasteiger partial charge is 0.203 e. The van der Waals surface area contributed by atoms with Crippen molar-refractivity contribution < 1.29 is 21.6 Å². The molecule has 0 aliphatic heterocycles. The van der Waals surface area contributed by atoms with Gasteiger partial charge in [0.2, 0.25) is 9.84 Å². The van der Waals surface area contributed by atoms with Crippen LogP contribution in [0.15, 0.2) is 81.4 Å². The van der Waals surface area contributed by atoms with Gasteiger partial charge in [0.05, 0.1) is 20.4 Å². The predicted octanol–water partition coefficient (Wildman–Crippen LogP) is 3.58. The zero-order valence-corrected chi connectivity index (χ0v) is 17.0. The van der Waals surface area contributed by atoms with Gasteiger partial charge in [-0.25, -0.2) is 16.8 Å². The second-order valence-electron chi connectivity index (χ2n) is 6.85. The number of carbonyl (C=O) groups is 1. The first-order valence-corrected chi connectivity index (χ1v) is 12.2. The van der Waals surface area contributed by atoms with Crippen LogP contribution >= 0.6 is 0 Å². The van der Waals surface area contributed by atoms with Gasteiger partial charge in [-0.15, -0.1) is 0 Å². The summed E-state index contributed by atoms with van der Waals surface area (Å²) < 4.78 is 51.8. The Bertz CT molecular complexity index is 1070. The topological polar surface area (TPSA) is 85.3 Å². The monoisotopic (exact) mass is 418 g/mol. The van der Waals surface area contributed by atoms with Crippen molar-refractivity contribution in [1.29, 1.82) is 0 Å². The van der Waals surface area contributed by atoms with Crippen LogP contribution in [0.25, 0.3) is 0 Å². The Labute approximate surface area is 165 Å². The van der Waals surface area contributed by atoms with Gasteiger partial charge in [0, 0.05) is 12.3 Å². The number of hydrogen-bond acceptors (Lipinski definition) is 5. The Morgan fingerprint density at radius 2 is 1.46 bits per heavy atom. The zero-order valence-electron chi connectivity index (χ0n) is 15.3. The number of allylic oxidation sites excluding steroid dienone is 1. The summed E-state index contributed by atoms with van der Waals surface area (Å²) in [5.41, 5.74) is 0. The van der Waals surface area contributed by atoms with Crippen molar-refractivity contribution in [3.05, 3.63) is 71.6 Å². The van der Waals surface area contributed by atoms with Gasteiger partial charge in [0.15, 0.2) is 9.84 Å². The maximum atomic E-state index is 13.1. The van der Waals surface area contributed by atoms with Crippen molar-refractivity contribution in [1.82, 2.24) is 0 Å². The fraction of sp³-hybridized carbons (Fsp3) is 0.286. The van der Waals surface area contributed by atoms with E-state index in [0.29, 0.717) is 12.8 Å². The number of hydrogen-bond donors (Lipinski definition) is 0. The Kier molecular flexibility index (Phi) is 6.15. The number of Topliss-reactive ketones (excluding diaryl/α,β-unsaturated/α-hetero) is 1. The maximum absolute atomic E-state index is 13.1. The summed E-state index contributed by atoms with van der Waals surface area (Å²) in [5, 5.41) is 0. The van der Waals surface area contributed by atoms with Crippen molar-refractivity contribution >= 4 is 25.5 Å². The van der Waals surface area contributed by atoms with E-state index >= 15 is 0 Å². The van der Waals surface area contributed by atoms with E-state index in [4.69, 9.17) is 0 Å². The normalized spacial score (nSPS) is 18.4. The van der Waals surface area contributed by atoms with Crippen molar-refractivity contribution in [2.24, 2.45) is 5.92 Å². The standard InChI is InChI=1S/C21H22O5S2/c22-21-13-7-8-17(21)14-15-20(28(25,26)19-11-5-2-6-12-19)16-27(23,24)18-9-3-1-4-10-18/h1-6,9-12,15,17H,7-8,13-14,16H2/b20-15-. The molecular formula is C21H22O5S2. The van der Waals surface area contributed by atoms with E-state index in [0.717, 1.165) is 6.42 Å². The predicted molar refractivity (Wildman–Crippen MR) is 107 cm³/mol. The SMILES string of the molecule is O=C1CCCC1C/C=C(/CS(=O)(=O)c1ccccc1)S(=O)(=O)c1ccccc1. The summed E-state index contributed by atoms with van der Waals surface area (Å²) in [6, 6.07) is 15.6. The van der Waals surface area contributed by atoms with Gasteiger partial charge in [-0.3, -0.25) is 4.79 Å². The molecule has 0 heterocycles. The highest BCUT2D eigenvalue weighted by molar-refractivity contribution is 7.98. The van der Waals surface area contributed by atoms with E-state index in [1.165, 1.54) is 30.3 Å². The molecule has 148 valence electrons. The maximum Gasteiger partial charge on any atom is 0.203 e. The molecule has 0 saturated heterocycles. The Morgan fingerprint density at radius 3 is 2.00 bits per heavy atom. The largest absolute Gasteiger partial charge is 0.299 e. The molecule has 1 unspecified atom stereocenters. The molecule has 0 N–H and O–H groups in total. The van der Waals surface area contributed by atoms with Crippen LogP contribution in [0, 0.1) is 5.92 Å². The van der Waals surface area contributed by atoms with Crippen LogP contribution in [0.3, 0.4) is 0 Å². The Hall–Kier alpha value is -2.25. The molecule has 0 radical (unpaired) electrons. The van der Waals surface area contributed by atoms with Gasteiger partial charge in [-0.05, 0) is 43.5 Å². The fourth-order valence-corrected chi connectivity index (χ4v) is 6.76. The molecule has 7 heteroatoms. The highest BCUT2D eigenvalue weighted by Gasteiger charge is 2.29. The van der Waals surface area contributed by atoms with Gasteiger partial charge in [0.25, 0.3) is 0 Å². The third-order valence-electron chi connectivity index (χ3n) is 4.89. The van der Waals surface area contributed by atoms with Crippen LogP contribution in [-0.2, 0) is 24.5 Å². The number of carbonyl (C=O) groups excluding carboxylic acids is 1. The minimum absolute atomic E-state index is 0.0438. The van der Waals surface area contributed by atoms with Crippen molar-refractivity contribution in [3.63, 3.8) is 0 Å². The molecule has 0 spiro atoms. The van der Waals surface area contributed by atoms with Gasteiger partial charge in [0.1, 0.15) is 5.78 Å². The fourth-order valence-electron chi connectivity index (χ4n) is 3.31. The summed E-state index contributed by atoms with van der Waals surface area (Å²) in [7, 11) is -7.82. The molecule has 28 heavy (non-hydrogen) atoms. The van der Waals surface area contributed by atoms with E-state index < -0.39 is 25.4 Å². The summed E-state index contributed by atoms with van der Waals surface area (Å²) in [6.07, 6.45) is 3.67. The van der Waals surface area contributed by atoms with Crippen molar-refractivity contribution in [2.75, 3.05) is 5.75 Å². The highest BCUT2D eigenvalue weighted by Crippen LogP contribution is 2.28. The van der Waals surface area contributed by atoms with Crippen molar-refractivity contribution in [2.45, 2.75) is 35.5 Å². The second kappa shape index (κ2) is 8.41. The number of benzene rings is 2. The molecule has 1 saturated carbocycles. The summed E-state index contributed by atoms with van der Waals surface area (Å²) in [5.74, 6) is -0.756. The first-order valence-electron chi connectivity index (χ1n) is 9.10. The molecular weight excluding hydrogens is 396 g/mol. The molecule has 1 aliphatic carbocycles. The number of sulfone groups is 2. The Morgan fingerprint density at radius 1 is 0.893 bits per heavy atom. The highest BCUT2D eigenvalue weighted by atomic mass is 32.2. The van der Waals surface area contributed by atoms with E-state index in [-0.39, 0.29) is 32.8 Å². The van der Waals surface area contributed by atoms with Gasteiger partial charge in [-0.2, -0.15) is 0 Å². The van der Waals surface area contributed by atoms with Crippen LogP contribution in [0.4, 0.5) is 0 Å². The van der Waals surface area contributed by atoms with Gasteiger partial charge >= 0.3 is 0 Å². The second-order valence-corrected chi connectivity index (χ2v) is 10.8. The molecule has 0 amide bonds. The van der Waals surface area contributed by atoms with Crippen LogP contribution in [0.1, 0.15) is 25.7 Å². The van der Waals surface area contributed by atoms with Crippen LogP contribution in [0.2, 0.25) is 0 Å². The molecule has 1 aliphatic rings. The molecule has 0 aromatic heterocycles. The molecule has 2 aromatic rings. The third kappa shape index (κ3) is 4.59. The average Bonchev–Trinajstić information content (AvgIpc) is 3.11. The lowest BCUT2D eigenvalue weighted by Crippen LogP contribution is -2.17. The van der Waals surface area contributed by atoms with E-state index in [9.17, 15) is 21.6 Å². The lowest BCUT2D eigenvalue weighted by molar-refractivity contribution is -0.120. The molecule has 1 atom stereocenters. The molecule has 1 fully saturated rings. The molecule has 5 nitrogen and oxygen atoms in total. The van der Waals surface area contributed by atoms with Crippen LogP contribution in [-0.4, -0.2) is 28.4 Å². The minimum Gasteiger partial charge on any atom is -0.299 e. The van der Waals surface area contributed by atoms with E-state index in [1.807, 2.05) is 0 Å². The number of ketones is 1. The number of rotatable bonds is 7. The third-order valence-corrected chi connectivity index (χ3v) is 8.65. The van der Waals surface area contributed by atoms with E-state index in [1.54, 1.807) is 36.4 Å². The molecule has 3 rings (SSSR count). The summed E-state index contributed by atoms with van der Waals surface area (Å²) >= 11 is 0. The molecule has 2 aromatic carbocycles.